The van der Waals surface area contributed by atoms with Crippen LogP contribution < -0.4 is 0 Å². The van der Waals surface area contributed by atoms with Gasteiger partial charge in [-0.2, -0.15) is 0 Å². The van der Waals surface area contributed by atoms with Gasteiger partial charge in [-0.15, -0.1) is 0 Å². The van der Waals surface area contributed by atoms with Crippen molar-refractivity contribution < 1.29 is 4.42 Å². The Bertz CT molecular complexity index is 3570. The summed E-state index contributed by atoms with van der Waals surface area (Å²) >= 11 is 0. The van der Waals surface area contributed by atoms with Crippen molar-refractivity contribution in [1.29, 1.82) is 0 Å². The highest BCUT2D eigenvalue weighted by atomic mass is 16.3. The van der Waals surface area contributed by atoms with Crippen LogP contribution in [0.3, 0.4) is 0 Å². The molecule has 0 N–H and O–H groups in total. The molecule has 13 rings (SSSR count). The predicted octanol–water partition coefficient (Wildman–Crippen LogP) is 14.2. The van der Waals surface area contributed by atoms with E-state index in [0.717, 1.165) is 44.0 Å². The molecule has 0 aliphatic heterocycles. The molecule has 0 atom stereocenters. The van der Waals surface area contributed by atoms with Crippen LogP contribution in [0.15, 0.2) is 186 Å². The normalized spacial score (nSPS) is 12.4. The zero-order valence-corrected chi connectivity index (χ0v) is 29.6. The van der Waals surface area contributed by atoms with Gasteiger partial charge >= 0.3 is 0 Å². The summed E-state index contributed by atoms with van der Waals surface area (Å²) in [5.74, 6) is 0. The van der Waals surface area contributed by atoms with Crippen LogP contribution in [-0.2, 0) is 0 Å². The van der Waals surface area contributed by atoms with Gasteiger partial charge in [-0.1, -0.05) is 140 Å². The van der Waals surface area contributed by atoms with E-state index in [-0.39, 0.29) is 0 Å². The number of furan rings is 1. The van der Waals surface area contributed by atoms with Crippen LogP contribution in [-0.4, -0.2) is 9.13 Å². The molecule has 3 heteroatoms. The Morgan fingerprint density at radius 1 is 0.345 bits per heavy atom. The molecular formula is C52H30N2O. The Kier molecular flexibility index (Phi) is 5.63. The number of hydrogen-bond acceptors (Lipinski definition) is 1. The van der Waals surface area contributed by atoms with Gasteiger partial charge in [0.05, 0.1) is 33.1 Å². The van der Waals surface area contributed by atoms with E-state index in [4.69, 9.17) is 4.42 Å². The highest BCUT2D eigenvalue weighted by molar-refractivity contribution is 6.30. The lowest BCUT2D eigenvalue weighted by molar-refractivity contribution is 0.673. The highest BCUT2D eigenvalue weighted by Gasteiger charge is 2.27. The van der Waals surface area contributed by atoms with Gasteiger partial charge in [-0.05, 0) is 81.2 Å². The van der Waals surface area contributed by atoms with Crippen molar-refractivity contribution in [2.24, 2.45) is 0 Å². The molecule has 0 amide bonds. The summed E-state index contributed by atoms with van der Waals surface area (Å²) in [7, 11) is 0. The van der Waals surface area contributed by atoms with E-state index >= 15 is 0 Å². The maximum atomic E-state index is 6.80. The minimum atomic E-state index is 0.904. The topological polar surface area (TPSA) is 23.0 Å². The van der Waals surface area contributed by atoms with E-state index in [1.165, 1.54) is 77.0 Å². The van der Waals surface area contributed by atoms with Crippen molar-refractivity contribution in [3.05, 3.63) is 182 Å². The summed E-state index contributed by atoms with van der Waals surface area (Å²) in [6, 6.07) is 66.4. The van der Waals surface area contributed by atoms with Gasteiger partial charge in [0, 0.05) is 38.0 Å². The first-order chi connectivity index (χ1) is 27.3. The molecule has 0 saturated carbocycles. The fourth-order valence-electron chi connectivity index (χ4n) is 9.78. The van der Waals surface area contributed by atoms with E-state index in [1.807, 2.05) is 0 Å². The lowest BCUT2D eigenvalue weighted by Gasteiger charge is -2.16. The monoisotopic (exact) mass is 698 g/mol. The maximum absolute atomic E-state index is 6.80. The van der Waals surface area contributed by atoms with Crippen molar-refractivity contribution in [3.63, 3.8) is 0 Å². The van der Waals surface area contributed by atoms with Crippen LogP contribution in [0.2, 0.25) is 0 Å². The maximum Gasteiger partial charge on any atom is 0.145 e. The summed E-state index contributed by atoms with van der Waals surface area (Å²) < 4.78 is 11.8. The van der Waals surface area contributed by atoms with Crippen LogP contribution in [0.1, 0.15) is 0 Å². The van der Waals surface area contributed by atoms with Crippen molar-refractivity contribution in [3.8, 4) is 44.8 Å². The van der Waals surface area contributed by atoms with Gasteiger partial charge in [0.25, 0.3) is 0 Å². The Morgan fingerprint density at radius 2 is 1.00 bits per heavy atom. The van der Waals surface area contributed by atoms with Crippen LogP contribution in [0.25, 0.3) is 121 Å². The largest absolute Gasteiger partial charge is 0.455 e. The smallest absolute Gasteiger partial charge is 0.145 e. The van der Waals surface area contributed by atoms with Gasteiger partial charge in [-0.25, -0.2) is 0 Å². The van der Waals surface area contributed by atoms with Crippen molar-refractivity contribution >= 4 is 76.3 Å². The Hall–Kier alpha value is -7.36. The Morgan fingerprint density at radius 3 is 1.89 bits per heavy atom. The van der Waals surface area contributed by atoms with E-state index < -0.39 is 0 Å². The molecule has 12 aromatic rings. The van der Waals surface area contributed by atoms with E-state index in [2.05, 4.69) is 191 Å². The van der Waals surface area contributed by atoms with Crippen molar-refractivity contribution in [1.82, 2.24) is 9.13 Å². The number of nitrogens with zero attached hydrogens (tertiary/aromatic N) is 2. The van der Waals surface area contributed by atoms with Gasteiger partial charge in [0.1, 0.15) is 11.2 Å². The molecule has 0 unspecified atom stereocenters. The summed E-state index contributed by atoms with van der Waals surface area (Å²) in [5, 5.41) is 9.58. The highest BCUT2D eigenvalue weighted by Crippen LogP contribution is 2.50. The zero-order valence-electron chi connectivity index (χ0n) is 29.6. The quantitative estimate of drug-likeness (QED) is 0.180. The van der Waals surface area contributed by atoms with E-state index in [9.17, 15) is 0 Å². The first kappa shape index (κ1) is 29.1. The number of rotatable bonds is 3. The third kappa shape index (κ3) is 3.79. The molecule has 0 saturated heterocycles. The summed E-state index contributed by atoms with van der Waals surface area (Å²) in [5.41, 5.74) is 16.3. The van der Waals surface area contributed by atoms with Crippen LogP contribution in [0, 0.1) is 0 Å². The first-order valence-electron chi connectivity index (χ1n) is 18.9. The number of hydrogen-bond donors (Lipinski definition) is 0. The lowest BCUT2D eigenvalue weighted by Crippen LogP contribution is -2.00. The second kappa shape index (κ2) is 10.6. The summed E-state index contributed by atoms with van der Waals surface area (Å²) in [4.78, 5) is 0. The standard InChI is InChI=1S/C52H30N2O/c1-2-12-31(13-3-1)32-14-10-15-33(30-32)53-46-29-27-41-37-19-7-9-23-47(37)55-52(41)49(46)43-25-24-40-36-18-6-8-22-44(36)54(50(40)51(43)53)45-28-26-39-35-17-5-4-16-34(35)38-20-11-21-42(45)48(38)39/h1-30H. The summed E-state index contributed by atoms with van der Waals surface area (Å²) in [6.45, 7) is 0. The molecule has 3 heterocycles. The van der Waals surface area contributed by atoms with Gasteiger partial charge < -0.3 is 13.6 Å². The van der Waals surface area contributed by atoms with Crippen LogP contribution in [0.4, 0.5) is 0 Å². The molecule has 3 aromatic heterocycles. The first-order valence-corrected chi connectivity index (χ1v) is 18.9. The van der Waals surface area contributed by atoms with Crippen LogP contribution >= 0.6 is 0 Å². The molecule has 254 valence electrons. The van der Waals surface area contributed by atoms with E-state index in [1.54, 1.807) is 0 Å². The van der Waals surface area contributed by atoms with Gasteiger partial charge in [0.15, 0.2) is 0 Å². The fraction of sp³-hybridized carbons (Fsp3) is 0. The lowest BCUT2D eigenvalue weighted by atomic mass is 10.0. The molecule has 9 aromatic carbocycles. The van der Waals surface area contributed by atoms with Gasteiger partial charge in [0.2, 0.25) is 0 Å². The summed E-state index contributed by atoms with van der Waals surface area (Å²) in [6.07, 6.45) is 0. The number of fused-ring (bicyclic) bond motifs is 14. The fourth-order valence-corrected chi connectivity index (χ4v) is 9.78. The molecule has 55 heavy (non-hydrogen) atoms. The number of para-hydroxylation sites is 2. The molecule has 0 radical (unpaired) electrons. The molecule has 0 bridgehead atoms. The third-order valence-electron chi connectivity index (χ3n) is 12.0. The predicted molar refractivity (Wildman–Crippen MR) is 230 cm³/mol. The second-order valence-electron chi connectivity index (χ2n) is 14.8. The minimum absolute atomic E-state index is 0.904. The molecule has 1 aliphatic rings. The SMILES string of the molecule is c1ccc(-c2cccc(-n3c4ccc5c6ccccc6oc5c4c4ccc5c6ccccc6n(-c6ccc7c8c(cccc68)-c6ccccc6-7)c5c43)c2)cc1. The van der Waals surface area contributed by atoms with Crippen molar-refractivity contribution in [2.75, 3.05) is 0 Å². The average molecular weight is 699 g/mol. The van der Waals surface area contributed by atoms with Gasteiger partial charge in [-0.3, -0.25) is 0 Å². The van der Waals surface area contributed by atoms with E-state index in [0.29, 0.717) is 0 Å². The molecule has 0 fully saturated rings. The molecule has 0 spiro atoms. The average Bonchev–Trinajstić information content (AvgIpc) is 3.99. The third-order valence-corrected chi connectivity index (χ3v) is 12.0. The van der Waals surface area contributed by atoms with Crippen molar-refractivity contribution in [2.45, 2.75) is 0 Å². The molecular weight excluding hydrogens is 669 g/mol. The van der Waals surface area contributed by atoms with Crippen LogP contribution in [0.5, 0.6) is 0 Å². The minimum Gasteiger partial charge on any atom is -0.455 e. The Balaban J connectivity index is 1.23. The molecule has 3 nitrogen and oxygen atoms in total. The number of benzene rings is 9. The number of aromatic nitrogens is 2. The zero-order chi connectivity index (χ0) is 35.8. The second-order valence-corrected chi connectivity index (χ2v) is 14.8. The Labute approximate surface area is 315 Å². The molecule has 1 aliphatic carbocycles.